The Balaban J connectivity index is 1.20. The number of benzene rings is 3. The normalized spacial score (nSPS) is 11.6. The van der Waals surface area contributed by atoms with Gasteiger partial charge in [-0.05, 0) is 42.3 Å². The second kappa shape index (κ2) is 11.9. The molecule has 2 N–H and O–H groups in total. The van der Waals surface area contributed by atoms with Crippen molar-refractivity contribution in [1.29, 1.82) is 0 Å². The zero-order valence-corrected chi connectivity index (χ0v) is 19.5. The number of amides is 1. The number of alkyl carbamates (subject to hydrolysis) is 1. The Morgan fingerprint density at radius 2 is 1.69 bits per heavy atom. The number of aliphatic hydroxyl groups excluding tert-OH is 1. The molecule has 0 aliphatic rings. The second-order valence-corrected chi connectivity index (χ2v) is 8.01. The highest BCUT2D eigenvalue weighted by Gasteiger charge is 2.13. The Morgan fingerprint density at radius 1 is 1.00 bits per heavy atom. The van der Waals surface area contributed by atoms with Gasteiger partial charge in [0.2, 0.25) is 5.89 Å². The van der Waals surface area contributed by atoms with Crippen LogP contribution in [0.4, 0.5) is 4.79 Å². The summed E-state index contributed by atoms with van der Waals surface area (Å²) in [5.41, 5.74) is 3.37. The van der Waals surface area contributed by atoms with Gasteiger partial charge < -0.3 is 24.3 Å². The molecule has 0 radical (unpaired) electrons. The lowest BCUT2D eigenvalue weighted by Gasteiger charge is -2.13. The van der Waals surface area contributed by atoms with Crippen LogP contribution in [0.5, 0.6) is 5.75 Å². The molecular formula is C28H28N2O5. The minimum atomic E-state index is -0.859. The molecule has 1 atom stereocenters. The lowest BCUT2D eigenvalue weighted by atomic mass is 10.1. The summed E-state index contributed by atoms with van der Waals surface area (Å²) in [5, 5.41) is 12.9. The Bertz CT molecular complexity index is 1210. The maximum absolute atomic E-state index is 11.9. The Morgan fingerprint density at radius 3 is 2.40 bits per heavy atom. The van der Waals surface area contributed by atoms with Gasteiger partial charge >= 0.3 is 6.09 Å². The summed E-state index contributed by atoms with van der Waals surface area (Å²) >= 11 is 0. The molecule has 0 saturated heterocycles. The van der Waals surface area contributed by atoms with Gasteiger partial charge in [-0.25, -0.2) is 9.78 Å². The Hall–Kier alpha value is -4.10. The number of carbonyl (C=O) groups excluding carboxylic acids is 1. The Kier molecular flexibility index (Phi) is 8.14. The van der Waals surface area contributed by atoms with Gasteiger partial charge in [-0.15, -0.1) is 0 Å². The number of carbonyl (C=O) groups is 1. The monoisotopic (exact) mass is 472 g/mol. The standard InChI is InChI=1S/C28H28N2O5/c1-20-25(30-27(35-20)23-10-6-3-7-11-23)16-17-33-24-14-12-22(13-15-24)26(31)18-29-28(32)34-19-21-8-4-2-5-9-21/h2-15,26,31H,16-19H2,1H3,(H,29,32). The van der Waals surface area contributed by atoms with Gasteiger partial charge in [0.25, 0.3) is 0 Å². The van der Waals surface area contributed by atoms with Gasteiger partial charge in [0.15, 0.2) is 0 Å². The highest BCUT2D eigenvalue weighted by molar-refractivity contribution is 5.67. The summed E-state index contributed by atoms with van der Waals surface area (Å²) in [6.45, 7) is 2.56. The van der Waals surface area contributed by atoms with Gasteiger partial charge in [0.05, 0.1) is 24.9 Å². The van der Waals surface area contributed by atoms with Crippen LogP contribution in [-0.2, 0) is 17.8 Å². The van der Waals surface area contributed by atoms with Gasteiger partial charge in [-0.1, -0.05) is 60.7 Å². The first-order chi connectivity index (χ1) is 17.1. The number of hydrogen-bond donors (Lipinski definition) is 2. The van der Waals surface area contributed by atoms with Crippen molar-refractivity contribution < 1.29 is 23.8 Å². The summed E-state index contributed by atoms with van der Waals surface area (Å²) in [4.78, 5) is 16.5. The molecule has 1 amide bonds. The second-order valence-electron chi connectivity index (χ2n) is 8.01. The minimum absolute atomic E-state index is 0.0447. The quantitative estimate of drug-likeness (QED) is 0.328. The van der Waals surface area contributed by atoms with E-state index in [1.165, 1.54) is 0 Å². The van der Waals surface area contributed by atoms with Crippen LogP contribution in [0, 0.1) is 6.92 Å². The van der Waals surface area contributed by atoms with Crippen molar-refractivity contribution in [2.24, 2.45) is 0 Å². The number of aliphatic hydroxyl groups is 1. The largest absolute Gasteiger partial charge is 0.493 e. The number of oxazole rings is 1. The van der Waals surface area contributed by atoms with Crippen LogP contribution in [-0.4, -0.2) is 29.3 Å². The molecule has 0 fully saturated rings. The number of aromatic nitrogens is 1. The molecule has 1 heterocycles. The van der Waals surface area contributed by atoms with E-state index in [-0.39, 0.29) is 13.2 Å². The third kappa shape index (κ3) is 6.94. The predicted molar refractivity (Wildman–Crippen MR) is 132 cm³/mol. The lowest BCUT2D eigenvalue weighted by Crippen LogP contribution is -2.28. The molecular weight excluding hydrogens is 444 g/mol. The molecule has 35 heavy (non-hydrogen) atoms. The fourth-order valence-corrected chi connectivity index (χ4v) is 3.49. The molecule has 4 aromatic rings. The minimum Gasteiger partial charge on any atom is -0.493 e. The van der Waals surface area contributed by atoms with Crippen molar-refractivity contribution in [3.8, 4) is 17.2 Å². The number of nitrogens with zero attached hydrogens (tertiary/aromatic N) is 1. The summed E-state index contributed by atoms with van der Waals surface area (Å²) in [7, 11) is 0. The van der Waals surface area contributed by atoms with E-state index in [0.717, 1.165) is 22.6 Å². The van der Waals surface area contributed by atoms with Crippen molar-refractivity contribution in [2.75, 3.05) is 13.2 Å². The number of hydrogen-bond acceptors (Lipinski definition) is 6. The van der Waals surface area contributed by atoms with Gasteiger partial charge in [-0.3, -0.25) is 0 Å². The summed E-state index contributed by atoms with van der Waals surface area (Å²) in [6, 6.07) is 26.3. The summed E-state index contributed by atoms with van der Waals surface area (Å²) in [6.07, 6.45) is -0.824. The molecule has 0 bridgehead atoms. The van der Waals surface area contributed by atoms with Crippen molar-refractivity contribution >= 4 is 6.09 Å². The van der Waals surface area contributed by atoms with E-state index in [2.05, 4.69) is 10.3 Å². The predicted octanol–water partition coefficient (Wildman–Crippen LogP) is 5.23. The van der Waals surface area contributed by atoms with E-state index in [0.29, 0.717) is 30.2 Å². The van der Waals surface area contributed by atoms with Crippen LogP contribution in [0.3, 0.4) is 0 Å². The zero-order valence-electron chi connectivity index (χ0n) is 19.5. The highest BCUT2D eigenvalue weighted by atomic mass is 16.5. The molecule has 0 saturated carbocycles. The fraction of sp³-hybridized carbons (Fsp3) is 0.214. The molecule has 0 aliphatic heterocycles. The SMILES string of the molecule is Cc1oc(-c2ccccc2)nc1CCOc1ccc(C(O)CNC(=O)OCc2ccccc2)cc1. The number of nitrogens with one attached hydrogen (secondary N) is 1. The van der Waals surface area contributed by atoms with Crippen LogP contribution < -0.4 is 10.1 Å². The average molecular weight is 473 g/mol. The highest BCUT2D eigenvalue weighted by Crippen LogP contribution is 2.22. The van der Waals surface area contributed by atoms with Crippen molar-refractivity contribution in [1.82, 2.24) is 10.3 Å². The lowest BCUT2D eigenvalue weighted by molar-refractivity contribution is 0.126. The maximum atomic E-state index is 11.9. The molecule has 7 nitrogen and oxygen atoms in total. The third-order valence-corrected chi connectivity index (χ3v) is 5.44. The third-order valence-electron chi connectivity index (χ3n) is 5.44. The van der Waals surface area contributed by atoms with Gasteiger partial charge in [0.1, 0.15) is 18.1 Å². The molecule has 3 aromatic carbocycles. The van der Waals surface area contributed by atoms with E-state index in [9.17, 15) is 9.90 Å². The fourth-order valence-electron chi connectivity index (χ4n) is 3.49. The first kappa shape index (κ1) is 24.0. The van der Waals surface area contributed by atoms with Crippen LogP contribution in [0.1, 0.15) is 28.7 Å². The van der Waals surface area contributed by atoms with Crippen LogP contribution >= 0.6 is 0 Å². The molecule has 180 valence electrons. The number of aryl methyl sites for hydroxylation is 1. The van der Waals surface area contributed by atoms with Crippen molar-refractivity contribution in [2.45, 2.75) is 26.1 Å². The molecule has 0 spiro atoms. The van der Waals surface area contributed by atoms with E-state index >= 15 is 0 Å². The average Bonchev–Trinajstić information content (AvgIpc) is 3.28. The van der Waals surface area contributed by atoms with Crippen LogP contribution in [0.2, 0.25) is 0 Å². The number of rotatable bonds is 10. The topological polar surface area (TPSA) is 93.8 Å². The maximum Gasteiger partial charge on any atom is 0.407 e. The number of ether oxygens (including phenoxy) is 2. The van der Waals surface area contributed by atoms with E-state index in [1.54, 1.807) is 24.3 Å². The zero-order chi connectivity index (χ0) is 24.5. The van der Waals surface area contributed by atoms with Crippen molar-refractivity contribution in [3.05, 3.63) is 108 Å². The Labute approximate surface area is 204 Å². The molecule has 4 rings (SSSR count). The smallest absolute Gasteiger partial charge is 0.407 e. The van der Waals surface area contributed by atoms with Gasteiger partial charge in [-0.2, -0.15) is 0 Å². The van der Waals surface area contributed by atoms with Crippen LogP contribution in [0.25, 0.3) is 11.5 Å². The molecule has 1 unspecified atom stereocenters. The summed E-state index contributed by atoms with van der Waals surface area (Å²) in [5.74, 6) is 2.07. The molecule has 7 heteroatoms. The van der Waals surface area contributed by atoms with Gasteiger partial charge in [0, 0.05) is 12.0 Å². The molecule has 0 aliphatic carbocycles. The molecule has 1 aromatic heterocycles. The van der Waals surface area contributed by atoms with E-state index in [4.69, 9.17) is 13.9 Å². The summed E-state index contributed by atoms with van der Waals surface area (Å²) < 4.78 is 16.8. The van der Waals surface area contributed by atoms with Crippen molar-refractivity contribution in [3.63, 3.8) is 0 Å². The van der Waals surface area contributed by atoms with E-state index in [1.807, 2.05) is 67.6 Å². The first-order valence-electron chi connectivity index (χ1n) is 11.5. The first-order valence-corrected chi connectivity index (χ1v) is 11.5. The van der Waals surface area contributed by atoms with E-state index < -0.39 is 12.2 Å². The van der Waals surface area contributed by atoms with Crippen LogP contribution in [0.15, 0.2) is 89.3 Å².